The summed E-state index contributed by atoms with van der Waals surface area (Å²) in [6.07, 6.45) is -0.640. The Morgan fingerprint density at radius 3 is 2.91 bits per heavy atom. The van der Waals surface area contributed by atoms with Crippen molar-refractivity contribution in [1.82, 2.24) is 0 Å². The molecular weight excluding hydrogens is 151 g/mol. The summed E-state index contributed by atoms with van der Waals surface area (Å²) >= 11 is 0. The minimum atomic E-state index is -1.99. The van der Waals surface area contributed by atoms with Crippen LogP contribution in [0.5, 0.6) is 0 Å². The Kier molecular flexibility index (Phi) is 5.37. The van der Waals surface area contributed by atoms with Crippen molar-refractivity contribution in [3.63, 3.8) is 0 Å². The van der Waals surface area contributed by atoms with Crippen LogP contribution in [0, 0.1) is 0 Å². The highest BCUT2D eigenvalue weighted by atomic mass is 19.1. The molecule has 0 fully saturated rings. The molecule has 11 heavy (non-hydrogen) atoms. The van der Waals surface area contributed by atoms with Crippen LogP contribution < -0.4 is 0 Å². The van der Waals surface area contributed by atoms with Crippen molar-refractivity contribution in [1.29, 1.82) is 0 Å². The molecule has 0 spiro atoms. The Hall–Kier alpha value is -0.900. The molecule has 0 radical (unpaired) electrons. The van der Waals surface area contributed by atoms with E-state index in [9.17, 15) is 9.18 Å². The fraction of sp³-hybridized carbons (Fsp3) is 0.571. The molecule has 3 nitrogen and oxygen atoms in total. The monoisotopic (exact) mass is 162 g/mol. The number of halogens is 1. The minimum absolute atomic E-state index is 0.0000189. The van der Waals surface area contributed by atoms with Gasteiger partial charge in [-0.25, -0.2) is 9.18 Å². The third-order valence-corrected chi connectivity index (χ3v) is 0.832. The molecule has 0 aliphatic heterocycles. The molecule has 0 aromatic heterocycles. The van der Waals surface area contributed by atoms with E-state index in [0.717, 1.165) is 0 Å². The number of rotatable bonds is 5. The van der Waals surface area contributed by atoms with Crippen LogP contribution in [0.2, 0.25) is 0 Å². The summed E-state index contributed by atoms with van der Waals surface area (Å²) in [6, 6.07) is 0. The molecule has 0 aromatic rings. The summed E-state index contributed by atoms with van der Waals surface area (Å²) in [5, 5.41) is 0. The maximum atomic E-state index is 12.4. The van der Waals surface area contributed by atoms with E-state index in [1.165, 1.54) is 6.08 Å². The Labute approximate surface area is 64.8 Å². The van der Waals surface area contributed by atoms with E-state index in [1.807, 2.05) is 0 Å². The number of esters is 1. The molecule has 0 aliphatic carbocycles. The first kappa shape index (κ1) is 10.1. The van der Waals surface area contributed by atoms with Gasteiger partial charge in [-0.15, -0.1) is 6.58 Å². The Bertz CT molecular complexity index is 136. The molecule has 0 bridgehead atoms. The highest BCUT2D eigenvalue weighted by Crippen LogP contribution is 1.96. The van der Waals surface area contributed by atoms with E-state index in [-0.39, 0.29) is 13.2 Å². The van der Waals surface area contributed by atoms with E-state index >= 15 is 0 Å². The van der Waals surface area contributed by atoms with E-state index in [4.69, 9.17) is 0 Å². The van der Waals surface area contributed by atoms with Crippen LogP contribution in [-0.4, -0.2) is 25.5 Å². The molecular formula is C7H11FO3. The van der Waals surface area contributed by atoms with Gasteiger partial charge >= 0.3 is 5.97 Å². The van der Waals surface area contributed by atoms with Crippen LogP contribution in [0.4, 0.5) is 4.39 Å². The molecule has 0 aromatic carbocycles. The molecule has 0 rings (SSSR count). The number of hydrogen-bond acceptors (Lipinski definition) is 3. The molecule has 0 saturated carbocycles. The maximum absolute atomic E-state index is 12.4. The average molecular weight is 162 g/mol. The molecule has 0 heterocycles. The molecule has 0 N–H and O–H groups in total. The summed E-state index contributed by atoms with van der Waals surface area (Å²) in [6.45, 7) is 5.04. The first-order valence-corrected chi connectivity index (χ1v) is 3.25. The summed E-state index contributed by atoms with van der Waals surface area (Å²) in [4.78, 5) is 10.5. The third kappa shape index (κ3) is 4.50. The van der Waals surface area contributed by atoms with Crippen LogP contribution >= 0.6 is 0 Å². The van der Waals surface area contributed by atoms with Gasteiger partial charge in [0.25, 0.3) is 6.36 Å². The molecule has 0 amide bonds. The lowest BCUT2D eigenvalue weighted by atomic mass is 10.6. The molecule has 0 saturated heterocycles. The van der Waals surface area contributed by atoms with Crippen LogP contribution in [0.25, 0.3) is 0 Å². The Morgan fingerprint density at radius 2 is 2.45 bits per heavy atom. The van der Waals surface area contributed by atoms with Gasteiger partial charge in [0.1, 0.15) is 0 Å². The van der Waals surface area contributed by atoms with Gasteiger partial charge in [-0.1, -0.05) is 6.08 Å². The van der Waals surface area contributed by atoms with E-state index in [1.54, 1.807) is 6.92 Å². The van der Waals surface area contributed by atoms with E-state index in [2.05, 4.69) is 16.1 Å². The van der Waals surface area contributed by atoms with Crippen molar-refractivity contribution in [2.45, 2.75) is 13.3 Å². The van der Waals surface area contributed by atoms with Gasteiger partial charge < -0.3 is 9.47 Å². The third-order valence-electron chi connectivity index (χ3n) is 0.832. The molecule has 4 heteroatoms. The number of carbonyl (C=O) groups is 1. The van der Waals surface area contributed by atoms with Gasteiger partial charge in [0.15, 0.2) is 0 Å². The van der Waals surface area contributed by atoms with Crippen molar-refractivity contribution in [2.24, 2.45) is 0 Å². The molecule has 1 unspecified atom stereocenters. The first-order valence-electron chi connectivity index (χ1n) is 3.25. The summed E-state index contributed by atoms with van der Waals surface area (Å²) in [5.74, 6) is -0.991. The highest BCUT2D eigenvalue weighted by Gasteiger charge is 2.17. The smallest absolute Gasteiger partial charge is 0.368 e. The summed E-state index contributed by atoms with van der Waals surface area (Å²) in [7, 11) is 0. The Morgan fingerprint density at radius 1 is 1.82 bits per heavy atom. The fourth-order valence-electron chi connectivity index (χ4n) is 0.428. The van der Waals surface area contributed by atoms with E-state index in [0.29, 0.717) is 0 Å². The topological polar surface area (TPSA) is 35.5 Å². The predicted octanol–water partition coefficient (Wildman–Crippen LogP) is 1.05. The zero-order valence-corrected chi connectivity index (χ0v) is 6.38. The lowest BCUT2D eigenvalue weighted by Gasteiger charge is -2.05. The largest absolute Gasteiger partial charge is 0.462 e. The maximum Gasteiger partial charge on any atom is 0.368 e. The quantitative estimate of drug-likeness (QED) is 0.447. The van der Waals surface area contributed by atoms with Gasteiger partial charge in [0, 0.05) is 0 Å². The lowest BCUT2D eigenvalue weighted by Crippen LogP contribution is -2.21. The minimum Gasteiger partial charge on any atom is -0.462 e. The first-order chi connectivity index (χ1) is 5.22. The van der Waals surface area contributed by atoms with Gasteiger partial charge in [-0.05, 0) is 6.92 Å². The fourth-order valence-corrected chi connectivity index (χ4v) is 0.428. The van der Waals surface area contributed by atoms with Crippen LogP contribution in [0.15, 0.2) is 12.7 Å². The van der Waals surface area contributed by atoms with Crippen molar-refractivity contribution in [3.05, 3.63) is 12.7 Å². The van der Waals surface area contributed by atoms with Crippen LogP contribution in [0.1, 0.15) is 6.92 Å². The number of alkyl halides is 1. The average Bonchev–Trinajstić information content (AvgIpc) is 2.00. The van der Waals surface area contributed by atoms with Crippen molar-refractivity contribution in [3.8, 4) is 0 Å². The zero-order chi connectivity index (χ0) is 8.69. The van der Waals surface area contributed by atoms with Crippen molar-refractivity contribution >= 4 is 5.97 Å². The van der Waals surface area contributed by atoms with Gasteiger partial charge in [0.05, 0.1) is 13.2 Å². The van der Waals surface area contributed by atoms with Gasteiger partial charge in [-0.2, -0.15) is 0 Å². The Balaban J connectivity index is 3.54. The van der Waals surface area contributed by atoms with E-state index < -0.39 is 12.3 Å². The van der Waals surface area contributed by atoms with Crippen LogP contribution in [-0.2, 0) is 14.3 Å². The second-order valence-electron chi connectivity index (χ2n) is 1.69. The number of ether oxygens (including phenoxy) is 2. The van der Waals surface area contributed by atoms with Crippen LogP contribution in [0.3, 0.4) is 0 Å². The van der Waals surface area contributed by atoms with Crippen molar-refractivity contribution < 1.29 is 18.7 Å². The highest BCUT2D eigenvalue weighted by molar-refractivity contribution is 5.72. The lowest BCUT2D eigenvalue weighted by molar-refractivity contribution is -0.167. The number of hydrogen-bond donors (Lipinski definition) is 0. The SMILES string of the molecule is C=CCOC(F)C(=O)OCC. The molecule has 1 atom stereocenters. The summed E-state index contributed by atoms with van der Waals surface area (Å²) in [5.41, 5.74) is 0. The predicted molar refractivity (Wildman–Crippen MR) is 37.7 cm³/mol. The second kappa shape index (κ2) is 5.85. The second-order valence-corrected chi connectivity index (χ2v) is 1.69. The zero-order valence-electron chi connectivity index (χ0n) is 6.38. The molecule has 64 valence electrons. The standard InChI is InChI=1S/C7H11FO3/c1-3-5-11-6(8)7(9)10-4-2/h3,6H,1,4-5H2,2H3. The summed E-state index contributed by atoms with van der Waals surface area (Å²) < 4.78 is 21.1. The number of carbonyl (C=O) groups excluding carboxylic acids is 1. The van der Waals surface area contributed by atoms with Crippen molar-refractivity contribution in [2.75, 3.05) is 13.2 Å². The molecule has 0 aliphatic rings. The van der Waals surface area contributed by atoms with Gasteiger partial charge in [-0.3, -0.25) is 0 Å². The normalized spacial score (nSPS) is 12.2. The van der Waals surface area contributed by atoms with Gasteiger partial charge in [0.2, 0.25) is 0 Å².